The molecule has 0 saturated carbocycles. The minimum absolute atomic E-state index is 0.00152. The summed E-state index contributed by atoms with van der Waals surface area (Å²) in [6, 6.07) is 6.21. The van der Waals surface area contributed by atoms with E-state index in [1.807, 2.05) is 0 Å². The smallest absolute Gasteiger partial charge is 0.250 e. The van der Waals surface area contributed by atoms with E-state index >= 15 is 0 Å². The van der Waals surface area contributed by atoms with Crippen molar-refractivity contribution in [3.05, 3.63) is 30.1 Å². The van der Waals surface area contributed by atoms with Gasteiger partial charge in [-0.3, -0.25) is 0 Å². The highest BCUT2D eigenvalue weighted by molar-refractivity contribution is 7.90. The molecule has 7 nitrogen and oxygen atoms in total. The van der Waals surface area contributed by atoms with Crippen LogP contribution in [-0.2, 0) is 13.6 Å². The van der Waals surface area contributed by atoms with Gasteiger partial charge in [0.2, 0.25) is 9.74 Å². The van der Waals surface area contributed by atoms with Crippen LogP contribution in [0.5, 0.6) is 0 Å². The highest BCUT2D eigenvalue weighted by Crippen LogP contribution is 2.36. The Balaban J connectivity index is 1.85. The summed E-state index contributed by atoms with van der Waals surface area (Å²) in [7, 11) is -3.30. The van der Waals surface area contributed by atoms with Crippen molar-refractivity contribution in [1.29, 1.82) is 0 Å². The average Bonchev–Trinajstić information content (AvgIpc) is 3.13. The number of nitrogens with zero attached hydrogens (tertiary/aromatic N) is 4. The summed E-state index contributed by atoms with van der Waals surface area (Å²) in [4.78, 5) is 15.4. The van der Waals surface area contributed by atoms with Gasteiger partial charge in [0.1, 0.15) is 0 Å². The van der Waals surface area contributed by atoms with Gasteiger partial charge in [-0.15, -0.1) is 0 Å². The lowest BCUT2D eigenvalue weighted by molar-refractivity contribution is 0.352. The third-order valence-corrected chi connectivity index (χ3v) is 5.98. The van der Waals surface area contributed by atoms with Crippen molar-refractivity contribution in [2.75, 3.05) is 37.8 Å². The van der Waals surface area contributed by atoms with Gasteiger partial charge in [0.15, 0.2) is 21.5 Å². The highest BCUT2D eigenvalue weighted by Gasteiger charge is 2.28. The molecule has 2 heterocycles. The zero-order chi connectivity index (χ0) is 20.4. The Morgan fingerprint density at radius 2 is 1.71 bits per heavy atom. The van der Waals surface area contributed by atoms with Gasteiger partial charge in [0.25, 0.3) is 0 Å². The number of sulfone groups is 1. The molecule has 0 radical (unpaired) electrons. The van der Waals surface area contributed by atoms with Gasteiger partial charge in [0, 0.05) is 24.9 Å². The Kier molecular flexibility index (Phi) is 6.66. The number of benzene rings is 1. The molecule has 1 saturated heterocycles. The first-order valence-corrected chi connectivity index (χ1v) is 11.8. The number of aromatic nitrogens is 3. The Morgan fingerprint density at radius 3 is 2.29 bits per heavy atom. The number of nitrogens with one attached hydrogen (secondary N) is 1. The van der Waals surface area contributed by atoms with Crippen LogP contribution in [0.4, 0.5) is 5.95 Å². The monoisotopic (exact) mass is 463 g/mol. The summed E-state index contributed by atoms with van der Waals surface area (Å²) < 4.78 is 21.5. The summed E-state index contributed by atoms with van der Waals surface area (Å²) in [5.74, 6) is 0.594. The number of rotatable bonds is 6. The van der Waals surface area contributed by atoms with Crippen molar-refractivity contribution in [2.45, 2.75) is 21.5 Å². The number of hydrogen-bond acceptors (Lipinski definition) is 7. The van der Waals surface area contributed by atoms with E-state index in [0.29, 0.717) is 23.9 Å². The predicted molar refractivity (Wildman–Crippen MR) is 112 cm³/mol. The van der Waals surface area contributed by atoms with Crippen LogP contribution in [0, 0.1) is 0 Å². The van der Waals surface area contributed by atoms with E-state index < -0.39 is 13.6 Å². The number of halogens is 3. The Hall–Kier alpha value is -1.19. The van der Waals surface area contributed by atoms with Crippen molar-refractivity contribution in [1.82, 2.24) is 19.9 Å². The molecule has 1 N–H and O–H groups in total. The average molecular weight is 465 g/mol. The molecule has 0 bridgehead atoms. The molecule has 1 aliphatic rings. The predicted octanol–water partition coefficient (Wildman–Crippen LogP) is 3.28. The third kappa shape index (κ3) is 5.67. The van der Waals surface area contributed by atoms with E-state index in [0.717, 1.165) is 25.9 Å². The molecule has 0 aliphatic carbocycles. The zero-order valence-corrected chi connectivity index (χ0v) is 18.3. The number of alkyl halides is 3. The lowest BCUT2D eigenvalue weighted by atomic mass is 10.2. The van der Waals surface area contributed by atoms with E-state index in [1.165, 1.54) is 25.0 Å². The van der Waals surface area contributed by atoms with Gasteiger partial charge in [0.05, 0.1) is 4.90 Å². The SMILES string of the molecule is CS(=O)(=O)c1ccc(-c2nc(NCCN3CCCC3)nc(C(Cl)(Cl)Cl)n2)cc1. The number of likely N-dealkylation sites (tertiary alicyclic amines) is 1. The summed E-state index contributed by atoms with van der Waals surface area (Å²) in [6.07, 6.45) is 3.59. The topological polar surface area (TPSA) is 88.1 Å². The van der Waals surface area contributed by atoms with Gasteiger partial charge >= 0.3 is 0 Å². The molecule has 2 aromatic rings. The second-order valence-corrected chi connectivity index (χ2v) is 10.9. The van der Waals surface area contributed by atoms with Gasteiger partial charge in [-0.1, -0.05) is 34.8 Å². The van der Waals surface area contributed by atoms with Crippen LogP contribution >= 0.6 is 34.8 Å². The molecular weight excluding hydrogens is 445 g/mol. The van der Waals surface area contributed by atoms with Crippen LogP contribution in [0.15, 0.2) is 29.2 Å². The normalized spacial score (nSPS) is 15.7. The lowest BCUT2D eigenvalue weighted by Crippen LogP contribution is -2.26. The van der Waals surface area contributed by atoms with Crippen LogP contribution in [0.3, 0.4) is 0 Å². The first-order valence-electron chi connectivity index (χ1n) is 8.73. The fourth-order valence-corrected chi connectivity index (χ4v) is 3.78. The van der Waals surface area contributed by atoms with Gasteiger partial charge in [-0.05, 0) is 50.2 Å². The van der Waals surface area contributed by atoms with E-state index in [1.54, 1.807) is 12.1 Å². The summed E-state index contributed by atoms with van der Waals surface area (Å²) in [5, 5.41) is 3.15. The van der Waals surface area contributed by atoms with E-state index in [9.17, 15) is 8.42 Å². The maximum Gasteiger partial charge on any atom is 0.250 e. The van der Waals surface area contributed by atoms with Gasteiger partial charge < -0.3 is 10.2 Å². The fourth-order valence-electron chi connectivity index (χ4n) is 2.89. The zero-order valence-electron chi connectivity index (χ0n) is 15.2. The van der Waals surface area contributed by atoms with Gasteiger partial charge in [-0.2, -0.15) is 9.97 Å². The maximum atomic E-state index is 11.6. The Morgan fingerprint density at radius 1 is 1.07 bits per heavy atom. The standard InChI is InChI=1S/C17H20Cl3N5O2S/c1-28(26,27)13-6-4-12(5-7-13)14-22-15(17(18,19)20)24-16(23-14)21-8-11-25-9-2-3-10-25/h4-7H,2-3,8-11H2,1H3,(H,21,22,23,24). The van der Waals surface area contributed by atoms with Crippen LogP contribution in [-0.4, -0.2) is 60.7 Å². The quantitative estimate of drug-likeness (QED) is 0.656. The molecule has 1 aromatic carbocycles. The molecule has 3 rings (SSSR count). The van der Waals surface area contributed by atoms with Crippen LogP contribution < -0.4 is 5.32 Å². The highest BCUT2D eigenvalue weighted by atomic mass is 35.6. The molecule has 1 aliphatic heterocycles. The van der Waals surface area contributed by atoms with Crippen LogP contribution in [0.25, 0.3) is 11.4 Å². The molecule has 1 fully saturated rings. The van der Waals surface area contributed by atoms with Crippen molar-refractivity contribution in [2.24, 2.45) is 0 Å². The molecule has 28 heavy (non-hydrogen) atoms. The molecule has 0 unspecified atom stereocenters. The van der Waals surface area contributed by atoms with Gasteiger partial charge in [-0.25, -0.2) is 13.4 Å². The molecule has 0 amide bonds. The van der Waals surface area contributed by atoms with Crippen molar-refractivity contribution in [3.8, 4) is 11.4 Å². The number of hydrogen-bond donors (Lipinski definition) is 1. The minimum Gasteiger partial charge on any atom is -0.353 e. The Bertz CT molecular complexity index is 927. The summed E-state index contributed by atoms with van der Waals surface area (Å²) >= 11 is 17.9. The first kappa shape index (κ1) is 21.5. The second kappa shape index (κ2) is 8.67. The molecular formula is C17H20Cl3N5O2S. The summed E-state index contributed by atoms with van der Waals surface area (Å²) in [5.41, 5.74) is 0.591. The largest absolute Gasteiger partial charge is 0.353 e. The van der Waals surface area contributed by atoms with Crippen molar-refractivity contribution in [3.63, 3.8) is 0 Å². The van der Waals surface area contributed by atoms with Crippen molar-refractivity contribution >= 4 is 50.6 Å². The molecule has 1 aromatic heterocycles. The third-order valence-electron chi connectivity index (χ3n) is 4.34. The van der Waals surface area contributed by atoms with Crippen LogP contribution in [0.1, 0.15) is 18.7 Å². The van der Waals surface area contributed by atoms with Crippen molar-refractivity contribution < 1.29 is 8.42 Å². The summed E-state index contributed by atoms with van der Waals surface area (Å²) in [6.45, 7) is 3.70. The van der Waals surface area contributed by atoms with Crippen LogP contribution in [0.2, 0.25) is 0 Å². The Labute approximate surface area is 179 Å². The first-order chi connectivity index (χ1) is 13.1. The minimum atomic E-state index is -3.30. The molecule has 152 valence electrons. The maximum absolute atomic E-state index is 11.6. The second-order valence-electron chi connectivity index (χ2n) is 6.58. The number of anilines is 1. The fraction of sp³-hybridized carbons (Fsp3) is 0.471. The van der Waals surface area contributed by atoms with E-state index in [4.69, 9.17) is 34.8 Å². The molecule has 0 spiro atoms. The van der Waals surface area contributed by atoms with E-state index in [-0.39, 0.29) is 10.7 Å². The lowest BCUT2D eigenvalue weighted by Gasteiger charge is -2.16. The molecule has 0 atom stereocenters. The molecule has 11 heteroatoms. The van der Waals surface area contributed by atoms with E-state index in [2.05, 4.69) is 25.2 Å².